The van der Waals surface area contributed by atoms with Gasteiger partial charge in [0.05, 0.1) is 22.2 Å². The van der Waals surface area contributed by atoms with Crippen molar-refractivity contribution in [3.05, 3.63) is 63.7 Å². The van der Waals surface area contributed by atoms with E-state index in [0.29, 0.717) is 5.56 Å². The Balaban J connectivity index is 2.56. The lowest BCUT2D eigenvalue weighted by molar-refractivity contribution is -0.384. The number of nitrogens with zero attached hydrogens (tertiary/aromatic N) is 1. The van der Waals surface area contributed by atoms with Gasteiger partial charge in [0, 0.05) is 11.6 Å². The van der Waals surface area contributed by atoms with Crippen molar-refractivity contribution >= 4 is 17.2 Å². The van der Waals surface area contributed by atoms with Crippen LogP contribution in [-0.4, -0.2) is 15.8 Å². The Morgan fingerprint density at radius 2 is 1.84 bits per heavy atom. The summed E-state index contributed by atoms with van der Waals surface area (Å²) in [5, 5.41) is 20.3. The van der Waals surface area contributed by atoms with Gasteiger partial charge in [-0.05, 0) is 0 Å². The highest BCUT2D eigenvalue weighted by Gasteiger charge is 2.20. The molecule has 2 aromatic carbocycles. The fourth-order valence-corrected chi connectivity index (χ4v) is 1.66. The molecule has 0 unspecified atom stereocenters. The van der Waals surface area contributed by atoms with Gasteiger partial charge in [0.15, 0.2) is 5.78 Å². The Morgan fingerprint density at radius 1 is 1.21 bits per heavy atom. The van der Waals surface area contributed by atoms with Crippen LogP contribution in [0, 0.1) is 10.1 Å². The predicted octanol–water partition coefficient (Wildman–Crippen LogP) is 2.11. The molecule has 0 radical (unpaired) electrons. The maximum atomic E-state index is 12.2. The molecule has 2 aromatic rings. The maximum absolute atomic E-state index is 12.2. The summed E-state index contributed by atoms with van der Waals surface area (Å²) in [6.07, 6.45) is 0. The van der Waals surface area contributed by atoms with Gasteiger partial charge in [0.25, 0.3) is 5.69 Å². The molecule has 0 saturated carbocycles. The predicted molar refractivity (Wildman–Crippen MR) is 69.0 cm³/mol. The van der Waals surface area contributed by atoms with E-state index in [2.05, 4.69) is 0 Å². The highest BCUT2D eigenvalue weighted by molar-refractivity contribution is 6.13. The number of carbonyl (C=O) groups is 1. The number of phenolic OH excluding ortho intramolecular Hbond substituents is 1. The Labute approximate surface area is 108 Å². The number of benzene rings is 2. The van der Waals surface area contributed by atoms with Crippen LogP contribution < -0.4 is 5.73 Å². The quantitative estimate of drug-likeness (QED) is 0.288. The normalized spacial score (nSPS) is 10.1. The van der Waals surface area contributed by atoms with Crippen LogP contribution >= 0.6 is 0 Å². The molecule has 0 atom stereocenters. The Kier molecular flexibility index (Phi) is 3.15. The number of nitrogen functional groups attached to an aromatic ring is 1. The molecule has 0 aliphatic carbocycles. The summed E-state index contributed by atoms with van der Waals surface area (Å²) in [5.74, 6) is -0.953. The van der Waals surface area contributed by atoms with Crippen LogP contribution in [0.3, 0.4) is 0 Å². The van der Waals surface area contributed by atoms with Gasteiger partial charge in [-0.15, -0.1) is 0 Å². The number of aromatic hydroxyl groups is 1. The number of nitro groups is 1. The fraction of sp³-hybridized carbons (Fsp3) is 0. The van der Waals surface area contributed by atoms with Crippen molar-refractivity contribution in [1.29, 1.82) is 0 Å². The molecule has 2 rings (SSSR count). The molecule has 96 valence electrons. The Bertz CT molecular complexity index is 653. The van der Waals surface area contributed by atoms with Crippen molar-refractivity contribution < 1.29 is 14.8 Å². The highest BCUT2D eigenvalue weighted by Crippen LogP contribution is 2.31. The van der Waals surface area contributed by atoms with E-state index in [-0.39, 0.29) is 16.9 Å². The first kappa shape index (κ1) is 12.6. The molecule has 0 amide bonds. The number of nitrogens with two attached hydrogens (primary N) is 1. The summed E-state index contributed by atoms with van der Waals surface area (Å²) in [6, 6.07) is 10.2. The first-order valence-electron chi connectivity index (χ1n) is 5.37. The topological polar surface area (TPSA) is 106 Å². The number of hydrogen-bond donors (Lipinski definition) is 2. The smallest absolute Gasteiger partial charge is 0.274 e. The molecule has 6 nitrogen and oxygen atoms in total. The third kappa shape index (κ3) is 2.37. The van der Waals surface area contributed by atoms with E-state index in [1.54, 1.807) is 30.3 Å². The molecule has 0 aliphatic rings. The number of carbonyl (C=O) groups excluding carboxylic acids is 1. The zero-order chi connectivity index (χ0) is 14.0. The van der Waals surface area contributed by atoms with Gasteiger partial charge < -0.3 is 10.8 Å². The van der Waals surface area contributed by atoms with Gasteiger partial charge in [0.1, 0.15) is 5.75 Å². The van der Waals surface area contributed by atoms with E-state index in [9.17, 15) is 20.0 Å². The Hall–Kier alpha value is -2.89. The van der Waals surface area contributed by atoms with Crippen LogP contribution in [-0.2, 0) is 0 Å². The standard InChI is InChI=1S/C13H10N2O4/c14-12-10(6-9(15(18)19)7-11(12)16)13(17)8-4-2-1-3-5-8/h1-7,16H,14H2. The third-order valence-electron chi connectivity index (χ3n) is 2.63. The molecule has 0 bridgehead atoms. The molecule has 0 saturated heterocycles. The first-order chi connectivity index (χ1) is 9.00. The van der Waals surface area contributed by atoms with Gasteiger partial charge in [-0.2, -0.15) is 0 Å². The van der Waals surface area contributed by atoms with Crippen molar-refractivity contribution in [2.45, 2.75) is 0 Å². The number of ketones is 1. The molecule has 0 spiro atoms. The number of non-ortho nitro benzene ring substituents is 1. The number of anilines is 1. The SMILES string of the molecule is Nc1c(O)cc([N+](=O)[O-])cc1C(=O)c1ccccc1. The zero-order valence-corrected chi connectivity index (χ0v) is 9.74. The van der Waals surface area contributed by atoms with E-state index in [1.807, 2.05) is 0 Å². The van der Waals surface area contributed by atoms with Gasteiger partial charge in [0.2, 0.25) is 0 Å². The first-order valence-corrected chi connectivity index (χ1v) is 5.37. The third-order valence-corrected chi connectivity index (χ3v) is 2.63. The lowest BCUT2D eigenvalue weighted by Gasteiger charge is -2.06. The number of nitro benzene ring substituents is 1. The minimum atomic E-state index is -0.694. The zero-order valence-electron chi connectivity index (χ0n) is 9.74. The van der Waals surface area contributed by atoms with Gasteiger partial charge in [-0.25, -0.2) is 0 Å². The van der Waals surface area contributed by atoms with Crippen molar-refractivity contribution in [3.63, 3.8) is 0 Å². The minimum absolute atomic E-state index is 0.0853. The summed E-state index contributed by atoms with van der Waals surface area (Å²) < 4.78 is 0. The summed E-state index contributed by atoms with van der Waals surface area (Å²) in [5.41, 5.74) is 5.30. The van der Waals surface area contributed by atoms with Crippen LogP contribution in [0.4, 0.5) is 11.4 Å². The molecule has 3 N–H and O–H groups in total. The average molecular weight is 258 g/mol. The second-order valence-corrected chi connectivity index (χ2v) is 3.88. The highest BCUT2D eigenvalue weighted by atomic mass is 16.6. The molecular weight excluding hydrogens is 248 g/mol. The van der Waals surface area contributed by atoms with Crippen LogP contribution in [0.1, 0.15) is 15.9 Å². The van der Waals surface area contributed by atoms with Crippen molar-refractivity contribution in [3.8, 4) is 5.75 Å². The second kappa shape index (κ2) is 4.77. The van der Waals surface area contributed by atoms with E-state index in [0.717, 1.165) is 12.1 Å². The van der Waals surface area contributed by atoms with E-state index in [1.165, 1.54) is 0 Å². The summed E-state index contributed by atoms with van der Waals surface area (Å²) >= 11 is 0. The average Bonchev–Trinajstić information content (AvgIpc) is 2.41. The van der Waals surface area contributed by atoms with Gasteiger partial charge >= 0.3 is 0 Å². The number of rotatable bonds is 3. The van der Waals surface area contributed by atoms with Crippen LogP contribution in [0.25, 0.3) is 0 Å². The van der Waals surface area contributed by atoms with Crippen molar-refractivity contribution in [1.82, 2.24) is 0 Å². The molecule has 19 heavy (non-hydrogen) atoms. The number of hydrogen-bond acceptors (Lipinski definition) is 5. The minimum Gasteiger partial charge on any atom is -0.506 e. The Morgan fingerprint density at radius 3 is 2.42 bits per heavy atom. The van der Waals surface area contributed by atoms with Crippen molar-refractivity contribution in [2.75, 3.05) is 5.73 Å². The summed E-state index contributed by atoms with van der Waals surface area (Å²) in [7, 11) is 0. The van der Waals surface area contributed by atoms with Crippen molar-refractivity contribution in [2.24, 2.45) is 0 Å². The summed E-state index contributed by atoms with van der Waals surface area (Å²) in [4.78, 5) is 22.2. The monoisotopic (exact) mass is 258 g/mol. The van der Waals surface area contributed by atoms with Gasteiger partial charge in [-0.3, -0.25) is 14.9 Å². The van der Waals surface area contributed by atoms with Crippen LogP contribution in [0.5, 0.6) is 5.75 Å². The fourth-order valence-electron chi connectivity index (χ4n) is 1.66. The van der Waals surface area contributed by atoms with E-state index < -0.39 is 16.5 Å². The second-order valence-electron chi connectivity index (χ2n) is 3.88. The lowest BCUT2D eigenvalue weighted by Crippen LogP contribution is -2.06. The molecule has 0 fully saturated rings. The molecular formula is C13H10N2O4. The van der Waals surface area contributed by atoms with E-state index >= 15 is 0 Å². The van der Waals surface area contributed by atoms with E-state index in [4.69, 9.17) is 5.73 Å². The van der Waals surface area contributed by atoms with Crippen LogP contribution in [0.15, 0.2) is 42.5 Å². The lowest BCUT2D eigenvalue weighted by atomic mass is 10.0. The molecule has 6 heteroatoms. The maximum Gasteiger partial charge on any atom is 0.274 e. The van der Waals surface area contributed by atoms with Gasteiger partial charge in [-0.1, -0.05) is 30.3 Å². The molecule has 0 aliphatic heterocycles. The summed E-state index contributed by atoms with van der Waals surface area (Å²) in [6.45, 7) is 0. The molecule has 0 heterocycles. The molecule has 0 aromatic heterocycles. The van der Waals surface area contributed by atoms with Crippen LogP contribution in [0.2, 0.25) is 0 Å². The largest absolute Gasteiger partial charge is 0.506 e. The number of phenols is 1.